The van der Waals surface area contributed by atoms with E-state index in [4.69, 9.17) is 9.47 Å². The zero-order chi connectivity index (χ0) is 27.9. The van der Waals surface area contributed by atoms with Crippen LogP contribution in [0.3, 0.4) is 0 Å². The molecule has 0 N–H and O–H groups in total. The molecule has 9 atom stereocenters. The molecule has 4 aliphatic rings. The van der Waals surface area contributed by atoms with Gasteiger partial charge in [0.2, 0.25) is 0 Å². The Hall–Kier alpha value is -0.0800. The Bertz CT molecular complexity index is 694. The molecule has 2 heteroatoms. The van der Waals surface area contributed by atoms with Crippen LogP contribution in [0.2, 0.25) is 0 Å². The molecule has 0 saturated heterocycles. The molecule has 4 rings (SSSR count). The molecule has 0 heterocycles. The van der Waals surface area contributed by atoms with E-state index in [1.54, 1.807) is 12.8 Å². The normalized spacial score (nSPS) is 37.8. The van der Waals surface area contributed by atoms with E-state index in [1.807, 2.05) is 0 Å². The van der Waals surface area contributed by atoms with E-state index in [1.165, 1.54) is 96.3 Å². The second kappa shape index (κ2) is 14.9. The first-order valence-electron chi connectivity index (χ1n) is 18.1. The Balaban J connectivity index is 1.27. The molecule has 39 heavy (non-hydrogen) atoms. The minimum Gasteiger partial charge on any atom is -0.352 e. The van der Waals surface area contributed by atoms with Crippen LogP contribution in [0.15, 0.2) is 0 Å². The lowest BCUT2D eigenvalue weighted by Gasteiger charge is -2.61. The van der Waals surface area contributed by atoms with E-state index in [2.05, 4.69) is 41.5 Å². The maximum absolute atomic E-state index is 6.30. The van der Waals surface area contributed by atoms with E-state index in [0.717, 1.165) is 61.6 Å². The molecule has 0 radical (unpaired) electrons. The molecule has 0 aromatic heterocycles. The Labute approximate surface area is 244 Å². The van der Waals surface area contributed by atoms with Crippen LogP contribution in [-0.2, 0) is 9.47 Å². The van der Waals surface area contributed by atoms with Crippen LogP contribution in [0.1, 0.15) is 164 Å². The maximum Gasteiger partial charge on any atom is 0.160 e. The average molecular weight is 545 g/mol. The minimum absolute atomic E-state index is 0.00560. The van der Waals surface area contributed by atoms with Crippen LogP contribution in [0.25, 0.3) is 0 Å². The van der Waals surface area contributed by atoms with Crippen molar-refractivity contribution in [3.05, 3.63) is 0 Å². The van der Waals surface area contributed by atoms with Crippen LogP contribution in [0.5, 0.6) is 0 Å². The summed E-state index contributed by atoms with van der Waals surface area (Å²) in [5.41, 5.74) is 1.29. The SMILES string of the molecule is CCCCCOC(OCCCCC)C(C)CCC[C@@H](C)[C@H]1CC[C@H]2[C@@H]3CCC4CCCC[C@]4(C)[C@H]3CC[C@]12C. The highest BCUT2D eigenvalue weighted by molar-refractivity contribution is 5.09. The standard InChI is InChI=1S/C37H68O2/c1-7-9-13-26-38-35(39-27-14-10-8-2)29(4)17-15-16-28(3)32-21-22-33-31-20-19-30-18-11-12-24-36(30,5)34(31)23-25-37(32,33)6/h28-35H,7-27H2,1-6H3/t28-,29?,30?,31+,32-,33+,34+,36+,37-/m1/s1. The Morgan fingerprint density at radius 3 is 2.05 bits per heavy atom. The van der Waals surface area contributed by atoms with E-state index >= 15 is 0 Å². The maximum atomic E-state index is 6.30. The molecule has 0 bridgehead atoms. The highest BCUT2D eigenvalue weighted by Crippen LogP contribution is 2.68. The van der Waals surface area contributed by atoms with Gasteiger partial charge in [0.25, 0.3) is 0 Å². The van der Waals surface area contributed by atoms with Crippen LogP contribution in [0.4, 0.5) is 0 Å². The molecule has 4 aliphatic carbocycles. The van der Waals surface area contributed by atoms with Crippen molar-refractivity contribution in [3.8, 4) is 0 Å². The monoisotopic (exact) mass is 545 g/mol. The summed E-state index contributed by atoms with van der Waals surface area (Å²) in [4.78, 5) is 0. The van der Waals surface area contributed by atoms with Crippen molar-refractivity contribution in [1.82, 2.24) is 0 Å². The van der Waals surface area contributed by atoms with Gasteiger partial charge < -0.3 is 9.47 Å². The van der Waals surface area contributed by atoms with Crippen molar-refractivity contribution < 1.29 is 9.47 Å². The summed E-state index contributed by atoms with van der Waals surface area (Å²) in [6, 6.07) is 0. The Morgan fingerprint density at radius 2 is 1.36 bits per heavy atom. The van der Waals surface area contributed by atoms with Crippen LogP contribution in [-0.4, -0.2) is 19.5 Å². The average Bonchev–Trinajstić information content (AvgIpc) is 3.29. The van der Waals surface area contributed by atoms with Crippen LogP contribution in [0, 0.1) is 52.3 Å². The summed E-state index contributed by atoms with van der Waals surface area (Å²) in [7, 11) is 0. The summed E-state index contributed by atoms with van der Waals surface area (Å²) < 4.78 is 12.6. The van der Waals surface area contributed by atoms with Gasteiger partial charge in [-0.15, -0.1) is 0 Å². The fraction of sp³-hybridized carbons (Fsp3) is 1.00. The molecular formula is C37H68O2. The zero-order valence-corrected chi connectivity index (χ0v) is 27.3. The third-order valence-corrected chi connectivity index (χ3v) is 13.2. The van der Waals surface area contributed by atoms with Crippen molar-refractivity contribution in [1.29, 1.82) is 0 Å². The van der Waals surface area contributed by atoms with Crippen molar-refractivity contribution >= 4 is 0 Å². The lowest BCUT2D eigenvalue weighted by Crippen LogP contribution is -2.53. The second-order valence-corrected chi connectivity index (χ2v) is 15.5. The van der Waals surface area contributed by atoms with Gasteiger partial charge in [-0.3, -0.25) is 0 Å². The number of hydrogen-bond donors (Lipinski definition) is 0. The molecular weight excluding hydrogens is 476 g/mol. The van der Waals surface area contributed by atoms with Crippen LogP contribution >= 0.6 is 0 Å². The van der Waals surface area contributed by atoms with Gasteiger partial charge in [-0.25, -0.2) is 0 Å². The van der Waals surface area contributed by atoms with E-state index in [0.29, 0.717) is 16.7 Å². The Kier molecular flexibility index (Phi) is 12.2. The van der Waals surface area contributed by atoms with Gasteiger partial charge in [0.15, 0.2) is 6.29 Å². The molecule has 0 aromatic carbocycles. The highest BCUT2D eigenvalue weighted by atomic mass is 16.7. The second-order valence-electron chi connectivity index (χ2n) is 15.5. The molecule has 4 saturated carbocycles. The zero-order valence-electron chi connectivity index (χ0n) is 27.3. The first-order chi connectivity index (χ1) is 18.8. The van der Waals surface area contributed by atoms with Crippen molar-refractivity contribution in [2.75, 3.05) is 13.2 Å². The fourth-order valence-corrected chi connectivity index (χ4v) is 10.8. The van der Waals surface area contributed by atoms with E-state index < -0.39 is 0 Å². The summed E-state index contributed by atoms with van der Waals surface area (Å²) >= 11 is 0. The van der Waals surface area contributed by atoms with Gasteiger partial charge in [-0.05, 0) is 117 Å². The van der Waals surface area contributed by atoms with Gasteiger partial charge in [-0.1, -0.05) is 92.9 Å². The summed E-state index contributed by atoms with van der Waals surface area (Å²) in [5.74, 6) is 6.44. The summed E-state index contributed by atoms with van der Waals surface area (Å²) in [6.07, 6.45) is 26.6. The molecule has 0 amide bonds. The fourth-order valence-electron chi connectivity index (χ4n) is 10.8. The first-order valence-corrected chi connectivity index (χ1v) is 18.1. The van der Waals surface area contributed by atoms with Crippen molar-refractivity contribution in [3.63, 3.8) is 0 Å². The first kappa shape index (κ1) is 31.8. The Morgan fingerprint density at radius 1 is 0.667 bits per heavy atom. The predicted octanol–water partition coefficient (Wildman–Crippen LogP) is 11.2. The van der Waals surface area contributed by atoms with Gasteiger partial charge in [-0.2, -0.15) is 0 Å². The third kappa shape index (κ3) is 7.29. The highest BCUT2D eigenvalue weighted by Gasteiger charge is 2.60. The number of fused-ring (bicyclic) bond motifs is 5. The van der Waals surface area contributed by atoms with Gasteiger partial charge in [0, 0.05) is 19.1 Å². The smallest absolute Gasteiger partial charge is 0.160 e. The quantitative estimate of drug-likeness (QED) is 0.142. The third-order valence-electron chi connectivity index (χ3n) is 13.2. The van der Waals surface area contributed by atoms with Crippen LogP contribution < -0.4 is 0 Å². The minimum atomic E-state index is -0.00560. The lowest BCUT2D eigenvalue weighted by molar-refractivity contribution is -0.172. The van der Waals surface area contributed by atoms with Gasteiger partial charge >= 0.3 is 0 Å². The van der Waals surface area contributed by atoms with E-state index in [-0.39, 0.29) is 6.29 Å². The molecule has 0 spiro atoms. The van der Waals surface area contributed by atoms with Crippen molar-refractivity contribution in [2.45, 2.75) is 170 Å². The van der Waals surface area contributed by atoms with E-state index in [9.17, 15) is 0 Å². The molecule has 0 aliphatic heterocycles. The van der Waals surface area contributed by atoms with Gasteiger partial charge in [0.05, 0.1) is 0 Å². The largest absolute Gasteiger partial charge is 0.352 e. The predicted molar refractivity (Wildman–Crippen MR) is 167 cm³/mol. The number of unbranched alkanes of at least 4 members (excludes halogenated alkanes) is 4. The summed E-state index contributed by atoms with van der Waals surface area (Å²) in [6.45, 7) is 16.7. The lowest BCUT2D eigenvalue weighted by atomic mass is 9.44. The number of rotatable bonds is 16. The van der Waals surface area contributed by atoms with Crippen molar-refractivity contribution in [2.24, 2.45) is 52.3 Å². The number of hydrogen-bond acceptors (Lipinski definition) is 2. The molecule has 4 fully saturated rings. The number of ether oxygens (including phenoxy) is 2. The topological polar surface area (TPSA) is 18.5 Å². The molecule has 2 unspecified atom stereocenters. The molecule has 228 valence electrons. The summed E-state index contributed by atoms with van der Waals surface area (Å²) in [5, 5.41) is 0. The molecule has 0 aromatic rings. The van der Waals surface area contributed by atoms with Gasteiger partial charge in [0.1, 0.15) is 0 Å². The molecule has 2 nitrogen and oxygen atoms in total.